The number of carbonyl (C=O) groups excluding carboxylic acids is 2. The largest absolute Gasteiger partial charge is 0.493 e. The Kier molecular flexibility index (Phi) is 14.2. The molecule has 0 radical (unpaired) electrons. The number of ether oxygens (including phenoxy) is 4. The number of allylic oxidation sites excluding steroid dienone is 4. The smallest absolute Gasteiger partial charge is 0.338 e. The summed E-state index contributed by atoms with van der Waals surface area (Å²) in [5.41, 5.74) is 3.84. The third kappa shape index (κ3) is 10.5. The van der Waals surface area contributed by atoms with Gasteiger partial charge in [-0.15, -0.1) is 0 Å². The zero-order valence-electron chi connectivity index (χ0n) is 30.6. The summed E-state index contributed by atoms with van der Waals surface area (Å²) in [6, 6.07) is 17.3. The number of halogens is 3. The van der Waals surface area contributed by atoms with Crippen molar-refractivity contribution in [2.24, 2.45) is 5.92 Å². The first-order valence-electron chi connectivity index (χ1n) is 17.8. The topological polar surface area (TPSA) is 86.3 Å². The molecule has 3 unspecified atom stereocenters. The van der Waals surface area contributed by atoms with E-state index in [1.165, 1.54) is 19.2 Å². The molecule has 3 saturated heterocycles. The van der Waals surface area contributed by atoms with Crippen LogP contribution in [0.4, 0.5) is 4.39 Å². The molecule has 3 aromatic carbocycles. The Labute approximate surface area is 321 Å². The maximum Gasteiger partial charge on any atom is 0.338 e. The predicted octanol–water partition coefficient (Wildman–Crippen LogP) is 9.20. The molecule has 0 amide bonds. The van der Waals surface area contributed by atoms with E-state index in [-0.39, 0.29) is 24.9 Å². The van der Waals surface area contributed by atoms with Crippen LogP contribution in [0.15, 0.2) is 101 Å². The van der Waals surface area contributed by atoms with Crippen LogP contribution < -0.4 is 14.8 Å². The van der Waals surface area contributed by atoms with Crippen molar-refractivity contribution >= 4 is 35.1 Å². The second-order valence-corrected chi connectivity index (χ2v) is 14.4. The number of esters is 2. The van der Waals surface area contributed by atoms with Gasteiger partial charge in [-0.2, -0.15) is 0 Å². The molecule has 0 aromatic heterocycles. The van der Waals surface area contributed by atoms with Gasteiger partial charge in [0.15, 0.2) is 11.5 Å². The first kappa shape index (κ1) is 40.0. The molecule has 11 heteroatoms. The van der Waals surface area contributed by atoms with E-state index >= 15 is 0 Å². The highest BCUT2D eigenvalue weighted by molar-refractivity contribution is 6.35. The van der Waals surface area contributed by atoms with E-state index < -0.39 is 24.1 Å². The van der Waals surface area contributed by atoms with Crippen molar-refractivity contribution in [2.75, 3.05) is 33.9 Å². The summed E-state index contributed by atoms with van der Waals surface area (Å²) in [5.74, 6) is 0.0173. The number of benzene rings is 3. The summed E-state index contributed by atoms with van der Waals surface area (Å²) in [6.07, 6.45) is 3.74. The van der Waals surface area contributed by atoms with Gasteiger partial charge in [0.05, 0.1) is 19.8 Å². The number of carbonyl (C=O) groups is 2. The lowest BCUT2D eigenvalue weighted by molar-refractivity contribution is -0.161. The second-order valence-electron chi connectivity index (χ2n) is 13.4. The zero-order valence-corrected chi connectivity index (χ0v) is 32.1. The molecular weight excluding hydrogens is 718 g/mol. The van der Waals surface area contributed by atoms with E-state index in [2.05, 4.69) is 16.8 Å². The number of nitrogens with one attached hydrogen (secondary N) is 1. The molecule has 3 atom stereocenters. The van der Waals surface area contributed by atoms with E-state index in [0.717, 1.165) is 43.6 Å². The maximum absolute atomic E-state index is 13.8. The molecule has 8 nitrogen and oxygen atoms in total. The Hall–Kier alpha value is -4.15. The van der Waals surface area contributed by atoms with E-state index in [9.17, 15) is 14.0 Å². The first-order valence-corrected chi connectivity index (χ1v) is 18.6. The van der Waals surface area contributed by atoms with Crippen LogP contribution in [-0.4, -0.2) is 56.8 Å². The Morgan fingerprint density at radius 1 is 0.981 bits per heavy atom. The van der Waals surface area contributed by atoms with Gasteiger partial charge in [0.2, 0.25) is 0 Å². The lowest BCUT2D eigenvalue weighted by Gasteiger charge is -2.44. The standard InChI is InChI=1S/C42H47Cl2FN2O6/c1-6-26(2)21-35(44)34(27(3)43)23-37(32-13-16-36(50-4)38(22-32)51-5)52-41(48)31-9-7-28(8-10-31)24-46-40(30-11-14-33(45)15-12-30)42(49)53-39-25-47-19-17-29(39)18-20-47/h7-16,21-22,29,37,39-40,46H,2,6,17-20,23-25H2,1,3-5H3. The highest BCUT2D eigenvalue weighted by Gasteiger charge is 2.38. The van der Waals surface area contributed by atoms with Crippen LogP contribution in [0.25, 0.3) is 0 Å². The SMILES string of the molecule is C=C(C=C(Cl)C(CC(OC(=O)c1ccc(CNC(C(=O)OC2CN3CCC2CC3)c2ccc(F)cc2)cc1)c1ccc(OC)c(OC)c1)=C(C)Cl)CC. The van der Waals surface area contributed by atoms with Crippen LogP contribution >= 0.6 is 23.2 Å². The molecule has 2 bridgehead atoms. The highest BCUT2D eigenvalue weighted by atomic mass is 35.5. The van der Waals surface area contributed by atoms with E-state index in [1.807, 2.05) is 6.92 Å². The lowest BCUT2D eigenvalue weighted by atomic mass is 9.86. The fourth-order valence-corrected chi connectivity index (χ4v) is 7.27. The molecule has 3 fully saturated rings. The molecule has 0 spiro atoms. The van der Waals surface area contributed by atoms with Crippen LogP contribution in [0.3, 0.4) is 0 Å². The predicted molar refractivity (Wildman–Crippen MR) is 206 cm³/mol. The molecule has 1 N–H and O–H groups in total. The molecule has 0 saturated carbocycles. The number of methoxy groups -OCH3 is 2. The highest BCUT2D eigenvalue weighted by Crippen LogP contribution is 2.38. The average molecular weight is 766 g/mol. The molecule has 6 rings (SSSR count). The number of fused-ring (bicyclic) bond motifs is 3. The summed E-state index contributed by atoms with van der Waals surface area (Å²) < 4.78 is 36.9. The van der Waals surface area contributed by atoms with E-state index in [0.29, 0.717) is 56.2 Å². The van der Waals surface area contributed by atoms with Crippen LogP contribution in [-0.2, 0) is 20.8 Å². The van der Waals surface area contributed by atoms with Crippen LogP contribution in [0.5, 0.6) is 11.5 Å². The minimum atomic E-state index is -0.805. The summed E-state index contributed by atoms with van der Waals surface area (Å²) in [4.78, 5) is 29.6. The van der Waals surface area contributed by atoms with Gasteiger partial charge in [0.25, 0.3) is 0 Å². The van der Waals surface area contributed by atoms with Crippen LogP contribution in [0.2, 0.25) is 0 Å². The van der Waals surface area contributed by atoms with E-state index in [1.54, 1.807) is 74.7 Å². The van der Waals surface area contributed by atoms with Crippen molar-refractivity contribution in [3.8, 4) is 11.5 Å². The van der Waals surface area contributed by atoms with Gasteiger partial charge in [0, 0.05) is 29.6 Å². The number of hydrogen-bond acceptors (Lipinski definition) is 8. The van der Waals surface area contributed by atoms with Gasteiger partial charge in [-0.1, -0.05) is 72.6 Å². The van der Waals surface area contributed by atoms with Crippen molar-refractivity contribution in [1.82, 2.24) is 10.2 Å². The summed E-state index contributed by atoms with van der Waals surface area (Å²) in [7, 11) is 3.08. The molecular formula is C42H47Cl2FN2O6. The minimum absolute atomic E-state index is 0.161. The van der Waals surface area contributed by atoms with Crippen molar-refractivity contribution in [3.63, 3.8) is 0 Å². The molecule has 3 aliphatic heterocycles. The Balaban J connectivity index is 1.32. The van der Waals surface area contributed by atoms with Gasteiger partial charge in [-0.05, 0) is 110 Å². The van der Waals surface area contributed by atoms with E-state index in [4.69, 9.17) is 42.1 Å². The molecule has 3 aliphatic rings. The average Bonchev–Trinajstić information content (AvgIpc) is 3.17. The third-order valence-corrected chi connectivity index (χ3v) is 10.5. The van der Waals surface area contributed by atoms with Crippen molar-refractivity contribution in [2.45, 2.75) is 64.3 Å². The van der Waals surface area contributed by atoms with Gasteiger partial charge in [-0.25, -0.2) is 14.0 Å². The second kappa shape index (κ2) is 18.7. The first-order chi connectivity index (χ1) is 25.5. The zero-order chi connectivity index (χ0) is 38.1. The Morgan fingerprint density at radius 2 is 1.64 bits per heavy atom. The monoisotopic (exact) mass is 764 g/mol. The minimum Gasteiger partial charge on any atom is -0.493 e. The summed E-state index contributed by atoms with van der Waals surface area (Å²) in [5, 5.41) is 4.17. The van der Waals surface area contributed by atoms with Crippen LogP contribution in [0.1, 0.15) is 78.7 Å². The third-order valence-electron chi connectivity index (χ3n) is 9.91. The Morgan fingerprint density at radius 3 is 2.23 bits per heavy atom. The normalized spacial score (nSPS) is 19.8. The number of rotatable bonds is 16. The van der Waals surface area contributed by atoms with Gasteiger partial charge < -0.3 is 18.9 Å². The fraction of sp³-hybridized carbons (Fsp3) is 0.381. The summed E-state index contributed by atoms with van der Waals surface area (Å²) >= 11 is 13.3. The van der Waals surface area contributed by atoms with Gasteiger partial charge in [-0.3, -0.25) is 10.2 Å². The molecule has 3 heterocycles. The molecule has 53 heavy (non-hydrogen) atoms. The molecule has 282 valence electrons. The van der Waals surface area contributed by atoms with Gasteiger partial charge in [0.1, 0.15) is 24.1 Å². The molecule has 3 aromatic rings. The number of nitrogens with zero attached hydrogens (tertiary/aromatic N) is 1. The summed E-state index contributed by atoms with van der Waals surface area (Å²) in [6.45, 7) is 10.8. The van der Waals surface area contributed by atoms with Crippen LogP contribution in [0, 0.1) is 11.7 Å². The van der Waals surface area contributed by atoms with Gasteiger partial charge >= 0.3 is 11.9 Å². The number of piperidine rings is 3. The van der Waals surface area contributed by atoms with Crippen molar-refractivity contribution in [1.29, 1.82) is 0 Å². The number of hydrogen-bond donors (Lipinski definition) is 1. The fourth-order valence-electron chi connectivity index (χ4n) is 6.67. The Bertz CT molecular complexity index is 1820. The maximum atomic E-state index is 13.8. The van der Waals surface area contributed by atoms with Crippen molar-refractivity contribution in [3.05, 3.63) is 129 Å². The van der Waals surface area contributed by atoms with Crippen molar-refractivity contribution < 1.29 is 32.9 Å². The quantitative estimate of drug-likeness (QED) is 0.114. The lowest BCUT2D eigenvalue weighted by Crippen LogP contribution is -2.52. The molecule has 0 aliphatic carbocycles.